The number of hydrogen-bond acceptors (Lipinski definition) is 4. The Hall–Kier alpha value is -0.950. The maximum absolute atomic E-state index is 13.5. The van der Waals surface area contributed by atoms with Crippen LogP contribution in [0.2, 0.25) is 0 Å². The lowest BCUT2D eigenvalue weighted by atomic mass is 10.1. The normalized spacial score (nSPS) is 16.7. The summed E-state index contributed by atoms with van der Waals surface area (Å²) in [7, 11) is 1.63. The molecule has 1 aromatic carbocycles. The molecule has 3 rings (SSSR count). The van der Waals surface area contributed by atoms with Crippen molar-refractivity contribution in [2.45, 2.75) is 13.1 Å². The summed E-state index contributed by atoms with van der Waals surface area (Å²) in [5.74, 6) is 0.555. The Kier molecular flexibility index (Phi) is 5.69. The number of halogens is 2. The van der Waals surface area contributed by atoms with Crippen molar-refractivity contribution >= 4 is 27.3 Å². The molecule has 1 aliphatic rings. The van der Waals surface area contributed by atoms with Crippen molar-refractivity contribution < 1.29 is 9.13 Å². The molecule has 0 spiro atoms. The molecule has 6 heteroatoms. The van der Waals surface area contributed by atoms with Crippen LogP contribution in [-0.2, 0) is 13.1 Å². The minimum atomic E-state index is -0.206. The first-order valence-corrected chi connectivity index (χ1v) is 9.31. The van der Waals surface area contributed by atoms with Gasteiger partial charge in [-0.3, -0.25) is 9.80 Å². The van der Waals surface area contributed by atoms with Crippen LogP contribution in [0.15, 0.2) is 33.4 Å². The summed E-state index contributed by atoms with van der Waals surface area (Å²) in [5.41, 5.74) is 2.28. The monoisotopic (exact) mass is 398 g/mol. The summed E-state index contributed by atoms with van der Waals surface area (Å²) in [4.78, 5) is 4.82. The van der Waals surface area contributed by atoms with Crippen LogP contribution in [0.25, 0.3) is 0 Å². The SMILES string of the molecule is COc1ccc(F)cc1CN1CCN(Cc2csc(Br)c2)CC1. The molecule has 2 heterocycles. The minimum Gasteiger partial charge on any atom is -0.496 e. The highest BCUT2D eigenvalue weighted by atomic mass is 79.9. The van der Waals surface area contributed by atoms with Gasteiger partial charge in [0, 0.05) is 44.8 Å². The lowest BCUT2D eigenvalue weighted by Crippen LogP contribution is -2.45. The highest BCUT2D eigenvalue weighted by Crippen LogP contribution is 2.24. The first kappa shape index (κ1) is 16.9. The molecule has 0 N–H and O–H groups in total. The average molecular weight is 399 g/mol. The summed E-state index contributed by atoms with van der Waals surface area (Å²) in [5, 5.41) is 2.20. The van der Waals surface area contributed by atoms with Crippen LogP contribution < -0.4 is 4.74 Å². The summed E-state index contributed by atoms with van der Waals surface area (Å²) in [6, 6.07) is 6.91. The first-order chi connectivity index (χ1) is 11.1. The molecule has 0 saturated carbocycles. The van der Waals surface area contributed by atoms with Gasteiger partial charge >= 0.3 is 0 Å². The Balaban J connectivity index is 1.54. The van der Waals surface area contributed by atoms with Crippen LogP contribution in [0.4, 0.5) is 4.39 Å². The van der Waals surface area contributed by atoms with E-state index >= 15 is 0 Å². The van der Waals surface area contributed by atoms with Crippen molar-refractivity contribution in [1.82, 2.24) is 9.80 Å². The number of methoxy groups -OCH3 is 1. The fourth-order valence-electron chi connectivity index (χ4n) is 2.90. The van der Waals surface area contributed by atoms with Gasteiger partial charge in [0.25, 0.3) is 0 Å². The van der Waals surface area contributed by atoms with Gasteiger partial charge in [-0.2, -0.15) is 0 Å². The molecule has 0 aliphatic carbocycles. The molecule has 0 amide bonds. The lowest BCUT2D eigenvalue weighted by molar-refractivity contribution is 0.121. The van der Waals surface area contributed by atoms with E-state index in [-0.39, 0.29) is 5.82 Å². The molecule has 1 aliphatic heterocycles. The predicted octanol–water partition coefficient (Wildman–Crippen LogP) is 3.98. The summed E-state index contributed by atoms with van der Waals surface area (Å²) >= 11 is 5.24. The Morgan fingerprint density at radius 1 is 1.13 bits per heavy atom. The Morgan fingerprint density at radius 2 is 1.83 bits per heavy atom. The van der Waals surface area contributed by atoms with Crippen molar-refractivity contribution in [3.05, 3.63) is 50.4 Å². The van der Waals surface area contributed by atoms with Gasteiger partial charge in [-0.1, -0.05) is 0 Å². The van der Waals surface area contributed by atoms with E-state index in [9.17, 15) is 4.39 Å². The molecule has 0 radical (unpaired) electrons. The van der Waals surface area contributed by atoms with Crippen LogP contribution in [0, 0.1) is 5.82 Å². The maximum Gasteiger partial charge on any atom is 0.123 e. The quantitative estimate of drug-likeness (QED) is 0.757. The van der Waals surface area contributed by atoms with E-state index < -0.39 is 0 Å². The van der Waals surface area contributed by atoms with E-state index in [1.807, 2.05) is 0 Å². The Labute approximate surface area is 148 Å². The standard InChI is InChI=1S/C17H20BrFN2OS/c1-22-16-3-2-15(19)9-14(16)11-21-6-4-20(5-7-21)10-13-8-17(18)23-12-13/h2-3,8-9,12H,4-7,10-11H2,1H3. The molecule has 1 fully saturated rings. The largest absolute Gasteiger partial charge is 0.496 e. The molecule has 0 unspecified atom stereocenters. The number of nitrogens with zero attached hydrogens (tertiary/aromatic N) is 2. The third-order valence-electron chi connectivity index (χ3n) is 4.13. The molecule has 1 saturated heterocycles. The van der Waals surface area contributed by atoms with Crippen LogP contribution >= 0.6 is 27.3 Å². The summed E-state index contributed by atoms with van der Waals surface area (Å²) in [6.45, 7) is 5.78. The van der Waals surface area contributed by atoms with Gasteiger partial charge in [0.15, 0.2) is 0 Å². The second-order valence-corrected chi connectivity index (χ2v) is 8.06. The average Bonchev–Trinajstić information content (AvgIpc) is 2.95. The van der Waals surface area contributed by atoms with Crippen LogP contribution in [0.1, 0.15) is 11.1 Å². The number of rotatable bonds is 5. The van der Waals surface area contributed by atoms with E-state index in [0.29, 0.717) is 0 Å². The molecule has 124 valence electrons. The van der Waals surface area contributed by atoms with Crippen LogP contribution in [0.3, 0.4) is 0 Å². The number of hydrogen-bond donors (Lipinski definition) is 0. The molecular formula is C17H20BrFN2OS. The fraction of sp³-hybridized carbons (Fsp3) is 0.412. The van der Waals surface area contributed by atoms with Gasteiger partial charge in [-0.25, -0.2) is 4.39 Å². The topological polar surface area (TPSA) is 15.7 Å². The van der Waals surface area contributed by atoms with Crippen LogP contribution in [0.5, 0.6) is 5.75 Å². The highest BCUT2D eigenvalue weighted by Gasteiger charge is 2.19. The Bertz CT molecular complexity index is 656. The molecule has 23 heavy (non-hydrogen) atoms. The van der Waals surface area contributed by atoms with E-state index in [4.69, 9.17) is 4.74 Å². The van der Waals surface area contributed by atoms with Crippen molar-refractivity contribution in [3.63, 3.8) is 0 Å². The summed E-state index contributed by atoms with van der Waals surface area (Å²) in [6.07, 6.45) is 0. The van der Waals surface area contributed by atoms with Gasteiger partial charge < -0.3 is 4.74 Å². The zero-order valence-corrected chi connectivity index (χ0v) is 15.5. The van der Waals surface area contributed by atoms with Gasteiger partial charge in [0.2, 0.25) is 0 Å². The van der Waals surface area contributed by atoms with E-state index in [0.717, 1.165) is 50.6 Å². The third-order valence-corrected chi connectivity index (χ3v) is 5.68. The predicted molar refractivity (Wildman–Crippen MR) is 95.5 cm³/mol. The summed E-state index contributed by atoms with van der Waals surface area (Å²) < 4.78 is 20.0. The third kappa shape index (κ3) is 4.53. The lowest BCUT2D eigenvalue weighted by Gasteiger charge is -2.34. The van der Waals surface area contributed by atoms with E-state index in [2.05, 4.69) is 37.2 Å². The van der Waals surface area contributed by atoms with Crippen molar-refractivity contribution in [2.75, 3.05) is 33.3 Å². The fourth-order valence-corrected chi connectivity index (χ4v) is 4.10. The van der Waals surface area contributed by atoms with Crippen molar-refractivity contribution in [1.29, 1.82) is 0 Å². The second-order valence-electron chi connectivity index (χ2n) is 5.77. The number of ether oxygens (including phenoxy) is 1. The van der Waals surface area contributed by atoms with Gasteiger partial charge in [0.05, 0.1) is 10.9 Å². The highest BCUT2D eigenvalue weighted by molar-refractivity contribution is 9.11. The number of thiophene rings is 1. The molecular weight excluding hydrogens is 379 g/mol. The smallest absolute Gasteiger partial charge is 0.123 e. The Morgan fingerprint density at radius 3 is 2.43 bits per heavy atom. The van der Waals surface area contributed by atoms with Gasteiger partial charge in [-0.15, -0.1) is 11.3 Å². The van der Waals surface area contributed by atoms with Crippen LogP contribution in [-0.4, -0.2) is 43.1 Å². The molecule has 2 aromatic rings. The number of piperazine rings is 1. The molecule has 0 bridgehead atoms. The van der Waals surface area contributed by atoms with E-state index in [1.165, 1.54) is 15.4 Å². The molecule has 1 aromatic heterocycles. The maximum atomic E-state index is 13.5. The van der Waals surface area contributed by atoms with Gasteiger partial charge in [-0.05, 0) is 51.1 Å². The zero-order valence-electron chi connectivity index (χ0n) is 13.1. The first-order valence-electron chi connectivity index (χ1n) is 7.64. The molecule has 0 atom stereocenters. The second kappa shape index (κ2) is 7.75. The van der Waals surface area contributed by atoms with Gasteiger partial charge in [0.1, 0.15) is 11.6 Å². The van der Waals surface area contributed by atoms with Crippen molar-refractivity contribution in [3.8, 4) is 5.75 Å². The van der Waals surface area contributed by atoms with E-state index in [1.54, 1.807) is 30.6 Å². The zero-order chi connectivity index (χ0) is 16.2. The number of benzene rings is 1. The van der Waals surface area contributed by atoms with Crippen molar-refractivity contribution in [2.24, 2.45) is 0 Å². The minimum absolute atomic E-state index is 0.206. The molecule has 3 nitrogen and oxygen atoms in total.